The van der Waals surface area contributed by atoms with Crippen LogP contribution in [0, 0.1) is 11.0 Å². The Hall–Kier alpha value is -2.39. The van der Waals surface area contributed by atoms with Gasteiger partial charge in [0.1, 0.15) is 37.3 Å². The standard InChI is InChI=1S/C21H25ClFN3O4/c1-2-29-20-10-19(24)18(22)9-17(20)21(27)25-11-16-13-26(28,7-8-30-16)12-14-3-5-15(23)6-4-14/h3-6,9-10,16H,2,7-8,11-13,24H2,1H3,(H,25,27)/t16-,26?/m0/s1. The molecule has 1 fully saturated rings. The minimum Gasteiger partial charge on any atom is -0.632 e. The highest BCUT2D eigenvalue weighted by molar-refractivity contribution is 6.33. The fraction of sp³-hybridized carbons (Fsp3) is 0.381. The third kappa shape index (κ3) is 5.60. The Morgan fingerprint density at radius 1 is 1.40 bits per heavy atom. The maximum absolute atomic E-state index is 13.1. The highest BCUT2D eigenvalue weighted by Crippen LogP contribution is 2.29. The number of halogens is 2. The predicted molar refractivity (Wildman–Crippen MR) is 113 cm³/mol. The molecule has 1 aliphatic rings. The fourth-order valence-corrected chi connectivity index (χ4v) is 3.58. The van der Waals surface area contributed by atoms with Gasteiger partial charge < -0.3 is 30.4 Å². The lowest BCUT2D eigenvalue weighted by Crippen LogP contribution is -2.56. The monoisotopic (exact) mass is 437 g/mol. The normalized spacial score (nSPS) is 21.3. The number of hydroxylamine groups is 3. The quantitative estimate of drug-likeness (QED) is 0.394. The summed E-state index contributed by atoms with van der Waals surface area (Å²) in [5, 5.41) is 16.2. The second-order valence-electron chi connectivity index (χ2n) is 7.25. The lowest BCUT2D eigenvalue weighted by atomic mass is 10.1. The number of nitrogens with one attached hydrogen (secondary N) is 1. The van der Waals surface area contributed by atoms with E-state index >= 15 is 0 Å². The second kappa shape index (κ2) is 9.61. The molecule has 30 heavy (non-hydrogen) atoms. The first kappa shape index (κ1) is 22.3. The number of carbonyl (C=O) groups is 1. The van der Waals surface area contributed by atoms with E-state index in [2.05, 4.69) is 5.32 Å². The number of rotatable bonds is 7. The molecule has 0 saturated carbocycles. The van der Waals surface area contributed by atoms with Crippen LogP contribution in [0.3, 0.4) is 0 Å². The van der Waals surface area contributed by atoms with Crippen LogP contribution in [0.2, 0.25) is 5.02 Å². The van der Waals surface area contributed by atoms with Crippen LogP contribution in [0.4, 0.5) is 10.1 Å². The Labute approximate surface area is 179 Å². The summed E-state index contributed by atoms with van der Waals surface area (Å²) in [7, 11) is 0. The first-order valence-electron chi connectivity index (χ1n) is 9.73. The van der Waals surface area contributed by atoms with E-state index in [1.54, 1.807) is 19.1 Å². The number of anilines is 1. The number of benzene rings is 2. The summed E-state index contributed by atoms with van der Waals surface area (Å²) in [5.74, 6) is -0.392. The van der Waals surface area contributed by atoms with Crippen molar-refractivity contribution >= 4 is 23.2 Å². The van der Waals surface area contributed by atoms with Gasteiger partial charge in [-0.25, -0.2) is 4.39 Å². The molecule has 0 radical (unpaired) electrons. The molecule has 9 heteroatoms. The zero-order chi connectivity index (χ0) is 21.7. The summed E-state index contributed by atoms with van der Waals surface area (Å²) < 4.78 is 23.8. The van der Waals surface area contributed by atoms with Crippen molar-refractivity contribution in [3.63, 3.8) is 0 Å². The molecule has 3 N–H and O–H groups in total. The highest BCUT2D eigenvalue weighted by Gasteiger charge is 2.30. The zero-order valence-electron chi connectivity index (χ0n) is 16.7. The number of ether oxygens (including phenoxy) is 2. The third-order valence-corrected chi connectivity index (χ3v) is 5.23. The minimum absolute atomic E-state index is 0.165. The van der Waals surface area contributed by atoms with E-state index in [1.807, 2.05) is 0 Å². The Kier molecular flexibility index (Phi) is 7.14. The highest BCUT2D eigenvalue weighted by atomic mass is 35.5. The molecule has 2 aromatic rings. The molecule has 3 rings (SSSR count). The van der Waals surface area contributed by atoms with Gasteiger partial charge in [0, 0.05) is 18.2 Å². The van der Waals surface area contributed by atoms with Gasteiger partial charge in [0.25, 0.3) is 5.91 Å². The third-order valence-electron chi connectivity index (χ3n) is 4.91. The topological polar surface area (TPSA) is 96.6 Å². The van der Waals surface area contributed by atoms with Gasteiger partial charge in [-0.1, -0.05) is 23.7 Å². The summed E-state index contributed by atoms with van der Waals surface area (Å²) in [6.45, 7) is 3.31. The van der Waals surface area contributed by atoms with E-state index in [4.69, 9.17) is 26.8 Å². The van der Waals surface area contributed by atoms with Crippen LogP contribution in [-0.4, -0.2) is 49.5 Å². The van der Waals surface area contributed by atoms with E-state index in [1.165, 1.54) is 24.3 Å². The van der Waals surface area contributed by atoms with Crippen LogP contribution in [0.1, 0.15) is 22.8 Å². The molecule has 0 bridgehead atoms. The molecule has 1 unspecified atom stereocenters. The molecule has 7 nitrogen and oxygen atoms in total. The van der Waals surface area contributed by atoms with E-state index in [0.29, 0.717) is 24.6 Å². The molecule has 1 heterocycles. The number of hydrogen-bond donors (Lipinski definition) is 2. The number of morpholine rings is 1. The van der Waals surface area contributed by atoms with E-state index in [0.717, 1.165) is 5.56 Å². The first-order chi connectivity index (χ1) is 14.3. The summed E-state index contributed by atoms with van der Waals surface area (Å²) in [4.78, 5) is 12.7. The number of hydrogen-bond acceptors (Lipinski definition) is 5. The molecule has 1 saturated heterocycles. The van der Waals surface area contributed by atoms with Crippen molar-refractivity contribution in [2.75, 3.05) is 38.6 Å². The Morgan fingerprint density at radius 3 is 2.83 bits per heavy atom. The first-order valence-corrected chi connectivity index (χ1v) is 10.1. The molecule has 2 atom stereocenters. The van der Waals surface area contributed by atoms with Crippen molar-refractivity contribution in [1.29, 1.82) is 0 Å². The van der Waals surface area contributed by atoms with Crippen LogP contribution in [0.25, 0.3) is 0 Å². The van der Waals surface area contributed by atoms with Crippen molar-refractivity contribution in [3.8, 4) is 5.75 Å². The summed E-state index contributed by atoms with van der Waals surface area (Å²) in [5.41, 5.74) is 7.13. The predicted octanol–water partition coefficient (Wildman–Crippen LogP) is 3.10. The molecule has 162 valence electrons. The minimum atomic E-state index is -0.496. The van der Waals surface area contributed by atoms with Crippen molar-refractivity contribution in [1.82, 2.24) is 5.32 Å². The summed E-state index contributed by atoms with van der Waals surface area (Å²) >= 11 is 6.05. The van der Waals surface area contributed by atoms with Gasteiger partial charge >= 0.3 is 0 Å². The smallest absolute Gasteiger partial charge is 0.255 e. The van der Waals surface area contributed by atoms with Crippen molar-refractivity contribution in [2.45, 2.75) is 19.6 Å². The number of carbonyl (C=O) groups excluding carboxylic acids is 1. The van der Waals surface area contributed by atoms with Gasteiger partial charge in [-0.05, 0) is 25.1 Å². The summed E-state index contributed by atoms with van der Waals surface area (Å²) in [6.07, 6.45) is -0.444. The van der Waals surface area contributed by atoms with E-state index < -0.39 is 16.7 Å². The average Bonchev–Trinajstić information content (AvgIpc) is 2.70. The van der Waals surface area contributed by atoms with Crippen molar-refractivity contribution in [2.24, 2.45) is 0 Å². The van der Waals surface area contributed by atoms with Crippen molar-refractivity contribution in [3.05, 3.63) is 63.6 Å². The molecule has 1 amide bonds. The zero-order valence-corrected chi connectivity index (χ0v) is 17.5. The number of nitrogen functional groups attached to an aromatic ring is 1. The van der Waals surface area contributed by atoms with Crippen LogP contribution in [0.5, 0.6) is 5.75 Å². The second-order valence-corrected chi connectivity index (χ2v) is 7.66. The van der Waals surface area contributed by atoms with Crippen LogP contribution >= 0.6 is 11.6 Å². The molecule has 0 aromatic heterocycles. The van der Waals surface area contributed by atoms with Gasteiger partial charge in [0.2, 0.25) is 0 Å². The van der Waals surface area contributed by atoms with Gasteiger partial charge in [-0.15, -0.1) is 0 Å². The Bertz CT molecular complexity index is 897. The maximum atomic E-state index is 13.1. The molecular formula is C21H25ClFN3O4. The number of amides is 1. The molecule has 0 aliphatic carbocycles. The van der Waals surface area contributed by atoms with Gasteiger partial charge in [0.15, 0.2) is 0 Å². The number of quaternary nitrogens is 1. The molecule has 2 aromatic carbocycles. The van der Waals surface area contributed by atoms with Crippen molar-refractivity contribution < 1.29 is 23.3 Å². The van der Waals surface area contributed by atoms with E-state index in [9.17, 15) is 14.4 Å². The van der Waals surface area contributed by atoms with Gasteiger partial charge in [0.05, 0.1) is 29.5 Å². The molecular weight excluding hydrogens is 413 g/mol. The fourth-order valence-electron chi connectivity index (χ4n) is 3.41. The number of nitrogens with zero attached hydrogens (tertiary/aromatic N) is 1. The molecule has 0 spiro atoms. The average molecular weight is 438 g/mol. The Balaban J connectivity index is 1.62. The Morgan fingerprint density at radius 2 is 2.13 bits per heavy atom. The largest absolute Gasteiger partial charge is 0.632 e. The van der Waals surface area contributed by atoms with Crippen LogP contribution in [-0.2, 0) is 11.3 Å². The van der Waals surface area contributed by atoms with Crippen LogP contribution < -0.4 is 15.8 Å². The lowest BCUT2D eigenvalue weighted by Gasteiger charge is -2.47. The van der Waals surface area contributed by atoms with Gasteiger partial charge in [-0.3, -0.25) is 4.79 Å². The maximum Gasteiger partial charge on any atom is 0.255 e. The van der Waals surface area contributed by atoms with E-state index in [-0.39, 0.29) is 42.6 Å². The number of nitrogens with two attached hydrogens (primary N) is 1. The van der Waals surface area contributed by atoms with Crippen LogP contribution in [0.15, 0.2) is 36.4 Å². The van der Waals surface area contributed by atoms with Gasteiger partial charge in [-0.2, -0.15) is 0 Å². The molecule has 1 aliphatic heterocycles. The SMILES string of the molecule is CCOc1cc(N)c(Cl)cc1C(=O)NC[C@H]1C[N+]([O-])(Cc2ccc(F)cc2)CCO1. The lowest BCUT2D eigenvalue weighted by molar-refractivity contribution is -0.905. The summed E-state index contributed by atoms with van der Waals surface area (Å²) in [6, 6.07) is 8.88.